The molecule has 1 aromatic carbocycles. The molecule has 106 valence electrons. The average Bonchev–Trinajstić information content (AvgIpc) is 2.89. The Morgan fingerprint density at radius 2 is 2.16 bits per heavy atom. The van der Waals surface area contributed by atoms with Crippen LogP contribution in [0.25, 0.3) is 0 Å². The van der Waals surface area contributed by atoms with Crippen LogP contribution in [0.2, 0.25) is 5.02 Å². The molecule has 1 aromatic rings. The van der Waals surface area contributed by atoms with Crippen molar-refractivity contribution in [2.75, 3.05) is 12.3 Å². The van der Waals surface area contributed by atoms with E-state index in [2.05, 4.69) is 10.0 Å². The lowest BCUT2D eigenvalue weighted by molar-refractivity contribution is 0.553. The molecule has 0 bridgehead atoms. The predicted molar refractivity (Wildman–Crippen MR) is 77.7 cm³/mol. The third-order valence-electron chi connectivity index (χ3n) is 3.34. The predicted octanol–water partition coefficient (Wildman–Crippen LogP) is 1.90. The maximum absolute atomic E-state index is 11.9. The van der Waals surface area contributed by atoms with E-state index in [0.29, 0.717) is 17.5 Å². The molecule has 0 aliphatic carbocycles. The molecular weight excluding hydrogens is 284 g/mol. The fraction of sp³-hybridized carbons (Fsp3) is 0.538. The van der Waals surface area contributed by atoms with Gasteiger partial charge in [0.25, 0.3) is 0 Å². The Hall–Kier alpha value is -0.620. The first kappa shape index (κ1) is 14.8. The van der Waals surface area contributed by atoms with Crippen molar-refractivity contribution in [3.8, 4) is 0 Å². The number of sulfonamides is 1. The Labute approximate surface area is 119 Å². The first-order valence-corrected chi connectivity index (χ1v) is 8.54. The molecule has 1 aliphatic rings. The van der Waals surface area contributed by atoms with Crippen molar-refractivity contribution in [2.45, 2.75) is 31.8 Å². The van der Waals surface area contributed by atoms with Crippen LogP contribution in [-0.2, 0) is 16.6 Å². The minimum atomic E-state index is -3.23. The normalized spacial score (nSPS) is 19.7. The van der Waals surface area contributed by atoms with E-state index in [1.54, 1.807) is 6.07 Å². The molecule has 0 saturated carbocycles. The van der Waals surface area contributed by atoms with Crippen molar-refractivity contribution in [2.24, 2.45) is 0 Å². The Bertz CT molecular complexity index is 513. The van der Waals surface area contributed by atoms with Crippen LogP contribution in [0, 0.1) is 0 Å². The van der Waals surface area contributed by atoms with Crippen LogP contribution >= 0.6 is 11.6 Å². The Morgan fingerprint density at radius 3 is 2.84 bits per heavy atom. The Morgan fingerprint density at radius 1 is 1.37 bits per heavy atom. The molecular formula is C13H19ClN2O2S. The summed E-state index contributed by atoms with van der Waals surface area (Å²) in [6.45, 7) is 1.25. The van der Waals surface area contributed by atoms with Gasteiger partial charge in [0.1, 0.15) is 0 Å². The summed E-state index contributed by atoms with van der Waals surface area (Å²) >= 11 is 5.99. The lowest BCUT2D eigenvalue weighted by atomic mass is 10.2. The molecule has 1 fully saturated rings. The molecule has 6 heteroatoms. The minimum Gasteiger partial charge on any atom is -0.314 e. The molecule has 0 aromatic heterocycles. The molecule has 1 aliphatic heterocycles. The monoisotopic (exact) mass is 302 g/mol. The maximum atomic E-state index is 11.9. The summed E-state index contributed by atoms with van der Waals surface area (Å²) in [4.78, 5) is 0. The van der Waals surface area contributed by atoms with Gasteiger partial charge in [-0.2, -0.15) is 0 Å². The van der Waals surface area contributed by atoms with Crippen molar-refractivity contribution in [3.05, 3.63) is 34.9 Å². The van der Waals surface area contributed by atoms with E-state index in [-0.39, 0.29) is 12.3 Å². The van der Waals surface area contributed by atoms with E-state index < -0.39 is 10.0 Å². The number of nitrogens with one attached hydrogen (secondary N) is 2. The summed E-state index contributed by atoms with van der Waals surface area (Å²) in [6, 6.07) is 7.60. The fourth-order valence-corrected chi connectivity index (χ4v) is 3.52. The fourth-order valence-electron chi connectivity index (χ4n) is 2.20. The van der Waals surface area contributed by atoms with Crippen molar-refractivity contribution in [3.63, 3.8) is 0 Å². The van der Waals surface area contributed by atoms with E-state index in [4.69, 9.17) is 11.6 Å². The van der Waals surface area contributed by atoms with Crippen LogP contribution < -0.4 is 10.0 Å². The topological polar surface area (TPSA) is 58.2 Å². The summed E-state index contributed by atoms with van der Waals surface area (Å²) in [5.74, 6) is 0.162. The van der Waals surface area contributed by atoms with Gasteiger partial charge in [0.05, 0.1) is 5.75 Å². The smallest absolute Gasteiger partial charge is 0.211 e. The van der Waals surface area contributed by atoms with Crippen LogP contribution in [-0.4, -0.2) is 26.8 Å². The summed E-state index contributed by atoms with van der Waals surface area (Å²) in [6.07, 6.45) is 2.87. The standard InChI is InChI=1S/C13H19ClN2O2S/c14-13-6-2-1-4-11(13)10-16-19(17,18)9-7-12-5-3-8-15-12/h1-2,4,6,12,15-16H,3,5,7-10H2. The van der Waals surface area contributed by atoms with E-state index >= 15 is 0 Å². The molecule has 0 spiro atoms. The summed E-state index contributed by atoms with van der Waals surface area (Å²) < 4.78 is 26.4. The Kier molecular flexibility index (Phi) is 5.21. The quantitative estimate of drug-likeness (QED) is 0.844. The third-order valence-corrected chi connectivity index (χ3v) is 5.06. The van der Waals surface area contributed by atoms with Gasteiger partial charge in [-0.1, -0.05) is 29.8 Å². The largest absolute Gasteiger partial charge is 0.314 e. The zero-order chi connectivity index (χ0) is 13.7. The molecule has 1 atom stereocenters. The van der Waals surface area contributed by atoms with Crippen LogP contribution in [0.15, 0.2) is 24.3 Å². The van der Waals surface area contributed by atoms with Crippen molar-refractivity contribution >= 4 is 21.6 Å². The lowest BCUT2D eigenvalue weighted by Crippen LogP contribution is -2.30. The first-order valence-electron chi connectivity index (χ1n) is 6.51. The zero-order valence-electron chi connectivity index (χ0n) is 10.7. The van der Waals surface area contributed by atoms with E-state index in [1.165, 1.54) is 0 Å². The molecule has 4 nitrogen and oxygen atoms in total. The number of benzene rings is 1. The van der Waals surface area contributed by atoms with Crippen LogP contribution in [0.4, 0.5) is 0 Å². The maximum Gasteiger partial charge on any atom is 0.211 e. The highest BCUT2D eigenvalue weighted by atomic mass is 35.5. The van der Waals surface area contributed by atoms with Gasteiger partial charge < -0.3 is 5.32 Å². The van der Waals surface area contributed by atoms with E-state index in [0.717, 1.165) is 24.9 Å². The second-order valence-electron chi connectivity index (χ2n) is 4.81. The molecule has 1 unspecified atom stereocenters. The van der Waals surface area contributed by atoms with Gasteiger partial charge in [-0.15, -0.1) is 0 Å². The molecule has 0 radical (unpaired) electrons. The van der Waals surface area contributed by atoms with E-state index in [9.17, 15) is 8.42 Å². The van der Waals surface area contributed by atoms with Crippen LogP contribution in [0.1, 0.15) is 24.8 Å². The zero-order valence-corrected chi connectivity index (χ0v) is 12.3. The van der Waals surface area contributed by atoms with Crippen LogP contribution in [0.5, 0.6) is 0 Å². The van der Waals surface area contributed by atoms with Crippen molar-refractivity contribution < 1.29 is 8.42 Å². The minimum absolute atomic E-state index is 0.162. The molecule has 19 heavy (non-hydrogen) atoms. The number of rotatable bonds is 6. The highest BCUT2D eigenvalue weighted by molar-refractivity contribution is 7.89. The van der Waals surface area contributed by atoms with Crippen molar-refractivity contribution in [1.29, 1.82) is 0 Å². The van der Waals surface area contributed by atoms with Gasteiger partial charge in [-0.05, 0) is 37.4 Å². The van der Waals surface area contributed by atoms with Crippen LogP contribution in [0.3, 0.4) is 0 Å². The lowest BCUT2D eigenvalue weighted by Gasteiger charge is -2.11. The molecule has 2 N–H and O–H groups in total. The van der Waals surface area contributed by atoms with Gasteiger partial charge in [-0.3, -0.25) is 0 Å². The highest BCUT2D eigenvalue weighted by Gasteiger charge is 2.18. The van der Waals surface area contributed by atoms with Gasteiger partial charge in [0.15, 0.2) is 0 Å². The molecule has 0 amide bonds. The second kappa shape index (κ2) is 6.70. The first-order chi connectivity index (χ1) is 9.07. The SMILES string of the molecule is O=S(=O)(CCC1CCCN1)NCc1ccccc1Cl. The number of hydrogen-bond acceptors (Lipinski definition) is 3. The summed E-state index contributed by atoms with van der Waals surface area (Å²) in [5.41, 5.74) is 0.798. The van der Waals surface area contributed by atoms with Gasteiger partial charge in [-0.25, -0.2) is 13.1 Å². The molecule has 1 heterocycles. The molecule has 2 rings (SSSR count). The number of halogens is 1. The second-order valence-corrected chi connectivity index (χ2v) is 7.15. The average molecular weight is 303 g/mol. The van der Waals surface area contributed by atoms with Gasteiger partial charge in [0, 0.05) is 17.6 Å². The molecule has 1 saturated heterocycles. The summed E-state index contributed by atoms with van der Waals surface area (Å²) in [7, 11) is -3.23. The van der Waals surface area contributed by atoms with E-state index in [1.807, 2.05) is 18.2 Å². The Balaban J connectivity index is 1.82. The highest BCUT2D eigenvalue weighted by Crippen LogP contribution is 2.15. The van der Waals surface area contributed by atoms with Gasteiger partial charge >= 0.3 is 0 Å². The van der Waals surface area contributed by atoms with Gasteiger partial charge in [0.2, 0.25) is 10.0 Å². The third kappa shape index (κ3) is 4.76. The number of hydrogen-bond donors (Lipinski definition) is 2. The summed E-state index contributed by atoms with van der Waals surface area (Å²) in [5, 5.41) is 3.88. The van der Waals surface area contributed by atoms with Crippen molar-refractivity contribution in [1.82, 2.24) is 10.0 Å².